The number of hydrogen-bond acceptors (Lipinski definition) is 4. The molecule has 1 N–H and O–H groups in total. The zero-order valence-corrected chi connectivity index (χ0v) is 25.2. The Balaban J connectivity index is 2.10. The molecule has 0 spiro atoms. The predicted octanol–water partition coefficient (Wildman–Crippen LogP) is 5.93. The maximum absolute atomic E-state index is 14.0. The third kappa shape index (κ3) is 8.79. The van der Waals surface area contributed by atoms with Gasteiger partial charge in [-0.05, 0) is 67.3 Å². The number of amides is 2. The van der Waals surface area contributed by atoms with Gasteiger partial charge in [-0.25, -0.2) is 12.8 Å². The van der Waals surface area contributed by atoms with Gasteiger partial charge in [0.1, 0.15) is 18.4 Å². The number of anilines is 1. The highest BCUT2D eigenvalue weighted by atomic mass is 32.2. The van der Waals surface area contributed by atoms with Crippen molar-refractivity contribution in [3.05, 3.63) is 95.3 Å². The first kappa shape index (κ1) is 33.6. The molecule has 0 aliphatic carbocycles. The number of nitrogens with one attached hydrogen (secondary N) is 1. The summed E-state index contributed by atoms with van der Waals surface area (Å²) in [4.78, 5) is 28.2. The van der Waals surface area contributed by atoms with Crippen molar-refractivity contribution in [2.24, 2.45) is 5.92 Å². The first-order chi connectivity index (χ1) is 20.1. The lowest BCUT2D eigenvalue weighted by Gasteiger charge is -2.33. The molecule has 0 radical (unpaired) electrons. The monoisotopic (exact) mass is 621 g/mol. The van der Waals surface area contributed by atoms with E-state index in [1.807, 2.05) is 13.8 Å². The molecule has 1 atom stereocenters. The van der Waals surface area contributed by atoms with Gasteiger partial charge in [-0.3, -0.25) is 13.9 Å². The van der Waals surface area contributed by atoms with Crippen molar-refractivity contribution in [3.8, 4) is 0 Å². The van der Waals surface area contributed by atoms with Crippen LogP contribution >= 0.6 is 0 Å². The molecule has 2 amide bonds. The van der Waals surface area contributed by atoms with Gasteiger partial charge in [0.25, 0.3) is 10.0 Å². The Labute approximate surface area is 249 Å². The summed E-state index contributed by atoms with van der Waals surface area (Å²) in [6.45, 7) is 6.47. The summed E-state index contributed by atoms with van der Waals surface area (Å²) in [6.07, 6.45) is -4.61. The fourth-order valence-corrected chi connectivity index (χ4v) is 5.74. The predicted molar refractivity (Wildman–Crippen MR) is 156 cm³/mol. The molecule has 7 nitrogen and oxygen atoms in total. The highest BCUT2D eigenvalue weighted by Gasteiger charge is 2.36. The lowest BCUT2D eigenvalue weighted by Crippen LogP contribution is -2.52. The van der Waals surface area contributed by atoms with Gasteiger partial charge in [0.15, 0.2) is 0 Å². The topological polar surface area (TPSA) is 86.8 Å². The van der Waals surface area contributed by atoms with Crippen molar-refractivity contribution >= 4 is 27.5 Å². The molecule has 0 saturated carbocycles. The number of alkyl halides is 3. The minimum atomic E-state index is -4.77. The number of hydrogen-bond donors (Lipinski definition) is 1. The number of carbonyl (C=O) groups is 2. The van der Waals surface area contributed by atoms with Crippen LogP contribution in [0, 0.1) is 18.7 Å². The summed E-state index contributed by atoms with van der Waals surface area (Å²) in [6, 6.07) is 13.6. The van der Waals surface area contributed by atoms with Crippen LogP contribution in [0.2, 0.25) is 0 Å². The Morgan fingerprint density at radius 1 is 0.953 bits per heavy atom. The minimum absolute atomic E-state index is 0.110. The van der Waals surface area contributed by atoms with Crippen LogP contribution in [-0.2, 0) is 32.3 Å². The van der Waals surface area contributed by atoms with Gasteiger partial charge in [0, 0.05) is 13.1 Å². The summed E-state index contributed by atoms with van der Waals surface area (Å²) >= 11 is 0. The Morgan fingerprint density at radius 2 is 1.58 bits per heavy atom. The molecule has 0 saturated heterocycles. The Kier molecular flexibility index (Phi) is 11.0. The summed E-state index contributed by atoms with van der Waals surface area (Å²) < 4.78 is 82.8. The number of halogens is 4. The third-order valence-electron chi connectivity index (χ3n) is 6.69. The van der Waals surface area contributed by atoms with Gasteiger partial charge in [0.2, 0.25) is 11.8 Å². The van der Waals surface area contributed by atoms with E-state index in [0.29, 0.717) is 22.5 Å². The van der Waals surface area contributed by atoms with E-state index in [-0.39, 0.29) is 29.5 Å². The van der Waals surface area contributed by atoms with Crippen molar-refractivity contribution in [2.75, 3.05) is 17.4 Å². The molecule has 3 rings (SSSR count). The third-order valence-corrected chi connectivity index (χ3v) is 8.47. The number of aryl methyl sites for hydroxylation is 1. The van der Waals surface area contributed by atoms with Gasteiger partial charge in [-0.15, -0.1) is 0 Å². The van der Waals surface area contributed by atoms with E-state index in [4.69, 9.17) is 0 Å². The lowest BCUT2D eigenvalue weighted by molar-refractivity contribution is -0.140. The van der Waals surface area contributed by atoms with Crippen LogP contribution in [0.5, 0.6) is 0 Å². The van der Waals surface area contributed by atoms with Gasteiger partial charge in [-0.2, -0.15) is 13.2 Å². The first-order valence-corrected chi connectivity index (χ1v) is 15.2. The first-order valence-electron chi connectivity index (χ1n) is 13.7. The quantitative estimate of drug-likeness (QED) is 0.254. The number of sulfonamides is 1. The van der Waals surface area contributed by atoms with Gasteiger partial charge < -0.3 is 10.2 Å². The van der Waals surface area contributed by atoms with Crippen LogP contribution in [0.4, 0.5) is 23.2 Å². The molecule has 0 aliphatic heterocycles. The normalized spacial score (nSPS) is 12.6. The fourth-order valence-electron chi connectivity index (χ4n) is 4.33. The summed E-state index contributed by atoms with van der Waals surface area (Å²) in [7, 11) is -4.55. The van der Waals surface area contributed by atoms with E-state index in [1.165, 1.54) is 59.5 Å². The second-order valence-corrected chi connectivity index (χ2v) is 12.4. The molecule has 0 aliphatic rings. The molecule has 3 aromatic carbocycles. The molecule has 0 aromatic heterocycles. The minimum Gasteiger partial charge on any atom is -0.354 e. The van der Waals surface area contributed by atoms with Gasteiger partial charge in [-0.1, -0.05) is 56.7 Å². The molecule has 43 heavy (non-hydrogen) atoms. The number of carbonyl (C=O) groups excluding carboxylic acids is 2. The van der Waals surface area contributed by atoms with E-state index in [1.54, 1.807) is 13.8 Å². The van der Waals surface area contributed by atoms with Gasteiger partial charge >= 0.3 is 6.18 Å². The number of benzene rings is 3. The van der Waals surface area contributed by atoms with Crippen molar-refractivity contribution in [2.45, 2.75) is 57.8 Å². The smallest absolute Gasteiger partial charge is 0.354 e. The Morgan fingerprint density at radius 3 is 2.14 bits per heavy atom. The largest absolute Gasteiger partial charge is 0.416 e. The highest BCUT2D eigenvalue weighted by molar-refractivity contribution is 7.92. The van der Waals surface area contributed by atoms with E-state index in [2.05, 4.69) is 5.32 Å². The molecule has 232 valence electrons. The molecular weight excluding hydrogens is 586 g/mol. The average Bonchev–Trinajstić information content (AvgIpc) is 2.95. The van der Waals surface area contributed by atoms with Crippen LogP contribution in [0.15, 0.2) is 77.7 Å². The Hall–Kier alpha value is -3.93. The van der Waals surface area contributed by atoms with E-state index in [0.717, 1.165) is 17.7 Å². The van der Waals surface area contributed by atoms with Crippen molar-refractivity contribution in [3.63, 3.8) is 0 Å². The fraction of sp³-hybridized carbons (Fsp3) is 0.355. The summed E-state index contributed by atoms with van der Waals surface area (Å²) in [5.41, 5.74) is -0.242. The summed E-state index contributed by atoms with van der Waals surface area (Å²) in [5, 5.41) is 2.78. The second-order valence-electron chi connectivity index (χ2n) is 10.6. The van der Waals surface area contributed by atoms with Gasteiger partial charge in [0.05, 0.1) is 16.1 Å². The summed E-state index contributed by atoms with van der Waals surface area (Å²) in [5.74, 6) is -1.70. The van der Waals surface area contributed by atoms with Crippen LogP contribution in [0.1, 0.15) is 43.9 Å². The van der Waals surface area contributed by atoms with Crippen molar-refractivity contribution in [1.82, 2.24) is 10.2 Å². The van der Waals surface area contributed by atoms with E-state index >= 15 is 0 Å². The van der Waals surface area contributed by atoms with Crippen molar-refractivity contribution < 1.29 is 35.6 Å². The Bertz CT molecular complexity index is 1510. The zero-order valence-electron chi connectivity index (χ0n) is 24.4. The average molecular weight is 622 g/mol. The molecule has 3 aromatic rings. The molecule has 0 bridgehead atoms. The van der Waals surface area contributed by atoms with Crippen LogP contribution in [-0.4, -0.2) is 44.3 Å². The molecule has 0 unspecified atom stereocenters. The molecular formula is C31H35F4N3O4S. The lowest BCUT2D eigenvalue weighted by atomic mass is 10.1. The molecule has 0 heterocycles. The maximum Gasteiger partial charge on any atom is 0.416 e. The van der Waals surface area contributed by atoms with Crippen LogP contribution < -0.4 is 9.62 Å². The highest BCUT2D eigenvalue weighted by Crippen LogP contribution is 2.33. The SMILES string of the molecule is CC[C@H](C(=O)NCC(C)C)N(Cc1ccc(F)cc1)C(=O)CN(c1cccc(C(F)(F)F)c1)S(=O)(=O)c1ccc(C)cc1. The van der Waals surface area contributed by atoms with Crippen molar-refractivity contribution in [1.29, 1.82) is 0 Å². The maximum atomic E-state index is 14.0. The van der Waals surface area contributed by atoms with E-state index < -0.39 is 52.0 Å². The molecule has 0 fully saturated rings. The van der Waals surface area contributed by atoms with Crippen LogP contribution in [0.3, 0.4) is 0 Å². The van der Waals surface area contributed by atoms with Crippen LogP contribution in [0.25, 0.3) is 0 Å². The number of nitrogens with zero attached hydrogens (tertiary/aromatic N) is 2. The number of rotatable bonds is 12. The standard InChI is InChI=1S/C31H35F4N3O4S/c1-5-28(30(40)36-18-21(2)3)37(19-23-11-13-25(32)14-12-23)29(39)20-38(26-8-6-7-24(17-26)31(33,34)35)43(41,42)27-15-9-22(4)10-16-27/h6-17,21,28H,5,18-20H2,1-4H3,(H,36,40)/t28-/m1/s1. The second kappa shape index (κ2) is 14.0. The zero-order chi connectivity index (χ0) is 31.9. The molecule has 12 heteroatoms. The van der Waals surface area contributed by atoms with E-state index in [9.17, 15) is 35.6 Å².